The van der Waals surface area contributed by atoms with Gasteiger partial charge in [-0.05, 0) is 48.2 Å². The summed E-state index contributed by atoms with van der Waals surface area (Å²) in [5, 5.41) is 12.2. The van der Waals surface area contributed by atoms with E-state index in [1.165, 1.54) is 10.9 Å². The molecule has 2 aromatic heterocycles. The van der Waals surface area contributed by atoms with Gasteiger partial charge in [-0.15, -0.1) is 0 Å². The van der Waals surface area contributed by atoms with Gasteiger partial charge in [0, 0.05) is 41.9 Å². The number of fused-ring (bicyclic) bond motifs is 1. The number of aromatic nitrogens is 2. The van der Waals surface area contributed by atoms with E-state index in [4.69, 9.17) is 0 Å². The van der Waals surface area contributed by atoms with Gasteiger partial charge >= 0.3 is 0 Å². The maximum atomic E-state index is 11.0. The van der Waals surface area contributed by atoms with Crippen molar-refractivity contribution in [3.63, 3.8) is 0 Å². The first-order valence-electron chi connectivity index (χ1n) is 8.26. The van der Waals surface area contributed by atoms with Crippen LogP contribution in [-0.4, -0.2) is 33.1 Å². The van der Waals surface area contributed by atoms with Crippen LogP contribution in [0.25, 0.3) is 11.0 Å². The van der Waals surface area contributed by atoms with Crippen molar-refractivity contribution in [3.8, 4) is 0 Å². The molecule has 3 aromatic rings. The van der Waals surface area contributed by atoms with Crippen molar-refractivity contribution in [2.45, 2.75) is 25.0 Å². The molecular weight excluding hydrogens is 366 g/mol. The average molecular weight is 386 g/mol. The van der Waals surface area contributed by atoms with Gasteiger partial charge in [-0.3, -0.25) is 4.90 Å². The number of piperidine rings is 1. The Balaban J connectivity index is 1.45. The zero-order valence-electron chi connectivity index (χ0n) is 13.4. The Hall–Kier alpha value is -1.69. The number of hydrogen-bond donors (Lipinski definition) is 2. The van der Waals surface area contributed by atoms with Crippen LogP contribution >= 0.6 is 15.9 Å². The van der Waals surface area contributed by atoms with Crippen molar-refractivity contribution >= 4 is 27.0 Å². The summed E-state index contributed by atoms with van der Waals surface area (Å²) in [6.45, 7) is 2.67. The molecule has 124 valence electrons. The summed E-state index contributed by atoms with van der Waals surface area (Å²) in [5.41, 5.74) is 2.52. The van der Waals surface area contributed by atoms with E-state index in [1.807, 2.05) is 42.7 Å². The predicted octanol–water partition coefficient (Wildman–Crippen LogP) is 3.81. The number of nitrogens with one attached hydrogen (secondary N) is 1. The van der Waals surface area contributed by atoms with Crippen LogP contribution in [0.15, 0.2) is 53.3 Å². The molecule has 1 aromatic carbocycles. The first-order chi connectivity index (χ1) is 11.6. The Morgan fingerprint density at radius 3 is 2.67 bits per heavy atom. The standard InChI is InChI=1S/C19H20BrN3O/c20-16-5-3-15(4-6-16)19(24)7-10-23(11-8-19)13-14-12-22-18-17(14)2-1-9-21-18/h1-6,9,12,24H,7-8,10-11,13H2,(H,21,22). The van der Waals surface area contributed by atoms with Crippen molar-refractivity contribution in [2.75, 3.05) is 13.1 Å². The molecule has 0 radical (unpaired) electrons. The summed E-state index contributed by atoms with van der Waals surface area (Å²) in [7, 11) is 0. The topological polar surface area (TPSA) is 52.1 Å². The maximum Gasteiger partial charge on any atom is 0.137 e. The second-order valence-corrected chi connectivity index (χ2v) is 7.44. The third-order valence-electron chi connectivity index (χ3n) is 5.00. The number of pyridine rings is 1. The Morgan fingerprint density at radius 1 is 1.17 bits per heavy atom. The molecule has 2 N–H and O–H groups in total. The Bertz CT molecular complexity index is 835. The van der Waals surface area contributed by atoms with Crippen molar-refractivity contribution < 1.29 is 5.11 Å². The third kappa shape index (κ3) is 2.99. The van der Waals surface area contributed by atoms with Crippen LogP contribution < -0.4 is 0 Å². The highest BCUT2D eigenvalue weighted by atomic mass is 79.9. The van der Waals surface area contributed by atoms with Crippen LogP contribution in [0, 0.1) is 0 Å². The average Bonchev–Trinajstić information content (AvgIpc) is 3.01. The zero-order valence-corrected chi connectivity index (χ0v) is 15.0. The molecule has 1 aliphatic heterocycles. The molecule has 24 heavy (non-hydrogen) atoms. The molecule has 0 saturated carbocycles. The van der Waals surface area contributed by atoms with Crippen LogP contribution in [0.3, 0.4) is 0 Å². The highest BCUT2D eigenvalue weighted by molar-refractivity contribution is 9.10. The van der Waals surface area contributed by atoms with Crippen LogP contribution in [-0.2, 0) is 12.1 Å². The lowest BCUT2D eigenvalue weighted by Crippen LogP contribution is -2.42. The van der Waals surface area contributed by atoms with Gasteiger partial charge in [0.05, 0.1) is 5.60 Å². The quantitative estimate of drug-likeness (QED) is 0.720. The summed E-state index contributed by atoms with van der Waals surface area (Å²) in [6.07, 6.45) is 5.37. The van der Waals surface area contributed by atoms with E-state index in [1.54, 1.807) is 0 Å². The number of aromatic amines is 1. The fourth-order valence-corrected chi connectivity index (χ4v) is 3.78. The molecule has 5 heteroatoms. The summed E-state index contributed by atoms with van der Waals surface area (Å²) in [4.78, 5) is 9.99. The second-order valence-electron chi connectivity index (χ2n) is 6.53. The molecule has 0 aliphatic carbocycles. The first kappa shape index (κ1) is 15.8. The van der Waals surface area contributed by atoms with E-state index >= 15 is 0 Å². The van der Waals surface area contributed by atoms with Crippen molar-refractivity contribution in [2.24, 2.45) is 0 Å². The number of rotatable bonds is 3. The van der Waals surface area contributed by atoms with Gasteiger partial charge < -0.3 is 10.1 Å². The Labute approximate surface area is 149 Å². The number of nitrogens with zero attached hydrogens (tertiary/aromatic N) is 2. The second kappa shape index (κ2) is 6.31. The molecular formula is C19H20BrN3O. The Kier molecular flexibility index (Phi) is 4.16. The SMILES string of the molecule is OC1(c2ccc(Br)cc2)CCN(Cc2c[nH]c3ncccc23)CC1. The number of aliphatic hydroxyl groups is 1. The highest BCUT2D eigenvalue weighted by Gasteiger charge is 2.33. The minimum absolute atomic E-state index is 0.709. The van der Waals surface area contributed by atoms with Gasteiger partial charge in [0.1, 0.15) is 5.65 Å². The number of likely N-dealkylation sites (tertiary alicyclic amines) is 1. The fraction of sp³-hybridized carbons (Fsp3) is 0.316. The van der Waals surface area contributed by atoms with Gasteiger partial charge in [-0.1, -0.05) is 28.1 Å². The Morgan fingerprint density at radius 2 is 1.92 bits per heavy atom. The monoisotopic (exact) mass is 385 g/mol. The van der Waals surface area contributed by atoms with Crippen molar-refractivity contribution in [1.82, 2.24) is 14.9 Å². The van der Waals surface area contributed by atoms with E-state index in [9.17, 15) is 5.11 Å². The lowest BCUT2D eigenvalue weighted by Gasteiger charge is -2.38. The van der Waals surface area contributed by atoms with Crippen LogP contribution in [0.5, 0.6) is 0 Å². The van der Waals surface area contributed by atoms with Gasteiger partial charge in [0.25, 0.3) is 0 Å². The molecule has 4 rings (SSSR count). The summed E-state index contributed by atoms with van der Waals surface area (Å²) >= 11 is 3.45. The molecule has 4 nitrogen and oxygen atoms in total. The molecule has 0 atom stereocenters. The minimum Gasteiger partial charge on any atom is -0.385 e. The van der Waals surface area contributed by atoms with Gasteiger partial charge in [-0.25, -0.2) is 4.98 Å². The van der Waals surface area contributed by atoms with E-state index < -0.39 is 5.60 Å². The van der Waals surface area contributed by atoms with Gasteiger partial charge in [0.2, 0.25) is 0 Å². The van der Waals surface area contributed by atoms with Crippen molar-refractivity contribution in [3.05, 3.63) is 64.4 Å². The number of benzene rings is 1. The molecule has 0 unspecified atom stereocenters. The van der Waals surface area contributed by atoms with E-state index in [-0.39, 0.29) is 0 Å². The molecule has 1 fully saturated rings. The van der Waals surface area contributed by atoms with E-state index in [0.29, 0.717) is 0 Å². The van der Waals surface area contributed by atoms with Crippen LogP contribution in [0.2, 0.25) is 0 Å². The number of halogens is 1. The smallest absolute Gasteiger partial charge is 0.137 e. The number of hydrogen-bond acceptors (Lipinski definition) is 3. The summed E-state index contributed by atoms with van der Waals surface area (Å²) in [6, 6.07) is 12.1. The lowest BCUT2D eigenvalue weighted by molar-refractivity contribution is -0.0276. The summed E-state index contributed by atoms with van der Waals surface area (Å²) in [5.74, 6) is 0. The van der Waals surface area contributed by atoms with E-state index in [0.717, 1.165) is 48.2 Å². The van der Waals surface area contributed by atoms with Gasteiger partial charge in [-0.2, -0.15) is 0 Å². The minimum atomic E-state index is -0.709. The maximum absolute atomic E-state index is 11.0. The predicted molar refractivity (Wildman–Crippen MR) is 98.6 cm³/mol. The fourth-order valence-electron chi connectivity index (χ4n) is 3.51. The molecule has 3 heterocycles. The largest absolute Gasteiger partial charge is 0.385 e. The molecule has 1 aliphatic rings. The van der Waals surface area contributed by atoms with Gasteiger partial charge in [0.15, 0.2) is 0 Å². The molecule has 1 saturated heterocycles. The molecule has 0 bridgehead atoms. The molecule has 0 amide bonds. The highest BCUT2D eigenvalue weighted by Crippen LogP contribution is 2.34. The third-order valence-corrected chi connectivity index (χ3v) is 5.52. The van der Waals surface area contributed by atoms with Crippen LogP contribution in [0.4, 0.5) is 0 Å². The zero-order chi connectivity index (χ0) is 16.6. The van der Waals surface area contributed by atoms with Crippen LogP contribution in [0.1, 0.15) is 24.0 Å². The lowest BCUT2D eigenvalue weighted by atomic mass is 9.84. The first-order valence-corrected chi connectivity index (χ1v) is 9.05. The van der Waals surface area contributed by atoms with E-state index in [2.05, 4.69) is 36.9 Å². The number of H-pyrrole nitrogens is 1. The summed E-state index contributed by atoms with van der Waals surface area (Å²) < 4.78 is 1.04. The molecule has 0 spiro atoms. The van der Waals surface area contributed by atoms with Crippen molar-refractivity contribution in [1.29, 1.82) is 0 Å². The normalized spacial score (nSPS) is 18.1.